The molecule has 0 atom stereocenters. The summed E-state index contributed by atoms with van der Waals surface area (Å²) >= 11 is 0. The molecule has 0 aromatic carbocycles. The summed E-state index contributed by atoms with van der Waals surface area (Å²) in [5.41, 5.74) is -5.48. The molecule has 0 fully saturated rings. The van der Waals surface area contributed by atoms with E-state index in [1.165, 1.54) is 0 Å². The number of carbonyl (C=O) groups is 10. The van der Waals surface area contributed by atoms with Crippen molar-refractivity contribution in [2.24, 2.45) is 0 Å². The van der Waals surface area contributed by atoms with E-state index in [0.29, 0.717) is 0 Å². The highest BCUT2D eigenvalue weighted by Gasteiger charge is 2.41. The van der Waals surface area contributed by atoms with Crippen molar-refractivity contribution in [1.82, 2.24) is 0 Å². The summed E-state index contributed by atoms with van der Waals surface area (Å²) in [7, 11) is 0. The smallest absolute Gasteiger partial charge is 0.336 e. The van der Waals surface area contributed by atoms with Gasteiger partial charge in [-0.25, -0.2) is 9.59 Å². The monoisotopic (exact) mass is 620 g/mol. The minimum absolute atomic E-state index is 0.296. The number of hydrogen-bond acceptors (Lipinski definition) is 12. The average molecular weight is 620 g/mol. The van der Waals surface area contributed by atoms with Crippen molar-refractivity contribution in [3.63, 3.8) is 0 Å². The Morgan fingerprint density at radius 1 is 0.310 bits per heavy atom. The van der Waals surface area contributed by atoms with Gasteiger partial charge in [-0.3, -0.25) is 38.4 Å². The Kier molecular flexibility index (Phi) is 22.3. The zero-order valence-corrected chi connectivity index (χ0v) is 21.1. The topological polar surface area (TPSA) is 413 Å². The van der Waals surface area contributed by atoms with E-state index in [-0.39, 0.29) is 25.7 Å². The normalized spacial score (nSPS) is 9.95. The molecule has 0 aliphatic carbocycles. The van der Waals surface area contributed by atoms with Gasteiger partial charge in [0.2, 0.25) is 0 Å². The third-order valence-corrected chi connectivity index (χ3v) is 3.68. The Morgan fingerprint density at radius 2 is 0.452 bits per heavy atom. The zero-order chi connectivity index (χ0) is 34.4. The molecule has 0 saturated carbocycles. The fourth-order valence-electron chi connectivity index (χ4n) is 1.86. The standard InChI is InChI=1S/2C6H8O7.2C4H6O4/c2*7-3(8)1-6(13,5(11)12)2-4(9)10;2*5-3(6)1-2-4(7)8/h2*13H,1-2H2,(H,7,8)(H,9,10)(H,11,12);2*1-2H2,(H,5,6)(H,7,8). The molecule has 22 nitrogen and oxygen atoms in total. The summed E-state index contributed by atoms with van der Waals surface area (Å²) in [4.78, 5) is 99.5. The first kappa shape index (κ1) is 43.7. The van der Waals surface area contributed by atoms with E-state index in [2.05, 4.69) is 0 Å². The van der Waals surface area contributed by atoms with Crippen LogP contribution in [-0.2, 0) is 47.9 Å². The second kappa shape index (κ2) is 21.4. The first-order valence-electron chi connectivity index (χ1n) is 10.5. The molecule has 0 amide bonds. The highest BCUT2D eigenvalue weighted by molar-refractivity contribution is 5.88. The van der Waals surface area contributed by atoms with Gasteiger partial charge in [0, 0.05) is 0 Å². The maximum absolute atomic E-state index is 10.3. The van der Waals surface area contributed by atoms with Gasteiger partial charge >= 0.3 is 59.7 Å². The summed E-state index contributed by atoms with van der Waals surface area (Å²) in [6.07, 6.45) is -5.76. The van der Waals surface area contributed by atoms with Crippen molar-refractivity contribution < 1.29 is 109 Å². The van der Waals surface area contributed by atoms with Gasteiger partial charge < -0.3 is 61.3 Å². The molecule has 0 aliphatic rings. The Hall–Kier alpha value is -5.38. The number of carboxylic acid groups (broad SMARTS) is 10. The molecule has 22 heteroatoms. The molecule has 0 unspecified atom stereocenters. The van der Waals surface area contributed by atoms with Gasteiger partial charge in [0.05, 0.1) is 51.4 Å². The van der Waals surface area contributed by atoms with Crippen LogP contribution in [0.5, 0.6) is 0 Å². The van der Waals surface area contributed by atoms with Crippen LogP contribution in [0.25, 0.3) is 0 Å². The van der Waals surface area contributed by atoms with Crippen LogP contribution in [0.3, 0.4) is 0 Å². The molecule has 12 N–H and O–H groups in total. The summed E-state index contributed by atoms with van der Waals surface area (Å²) in [5, 5.41) is 99.2. The van der Waals surface area contributed by atoms with Crippen LogP contribution in [-0.4, -0.2) is 132 Å². The lowest BCUT2D eigenvalue weighted by atomic mass is 9.96. The lowest BCUT2D eigenvalue weighted by molar-refractivity contribution is -0.170. The molecule has 42 heavy (non-hydrogen) atoms. The van der Waals surface area contributed by atoms with Gasteiger partial charge in [-0.15, -0.1) is 0 Å². The van der Waals surface area contributed by atoms with E-state index in [9.17, 15) is 47.9 Å². The van der Waals surface area contributed by atoms with Crippen molar-refractivity contribution in [3.05, 3.63) is 0 Å². The Labute approximate surface area is 232 Å². The van der Waals surface area contributed by atoms with Gasteiger partial charge in [0.1, 0.15) is 0 Å². The van der Waals surface area contributed by atoms with Gasteiger partial charge in [-0.05, 0) is 0 Å². The maximum Gasteiger partial charge on any atom is 0.336 e. The number of aliphatic carboxylic acids is 10. The molecular weight excluding hydrogens is 592 g/mol. The quantitative estimate of drug-likeness (QED) is 0.0839. The van der Waals surface area contributed by atoms with Gasteiger partial charge in [0.25, 0.3) is 0 Å². The molecular formula is C20H28O22. The maximum atomic E-state index is 10.3. The second-order valence-corrected chi connectivity index (χ2v) is 7.53. The molecule has 0 bridgehead atoms. The van der Waals surface area contributed by atoms with E-state index >= 15 is 0 Å². The summed E-state index contributed by atoms with van der Waals surface area (Å²) in [6.45, 7) is 0. The van der Waals surface area contributed by atoms with Crippen molar-refractivity contribution in [3.8, 4) is 0 Å². The molecule has 0 aliphatic heterocycles. The fraction of sp³-hybridized carbons (Fsp3) is 0.500. The van der Waals surface area contributed by atoms with Crippen molar-refractivity contribution in [1.29, 1.82) is 0 Å². The summed E-state index contributed by atoms with van der Waals surface area (Å²) in [5.74, 6) is -14.3. The molecule has 0 saturated heterocycles. The summed E-state index contributed by atoms with van der Waals surface area (Å²) < 4.78 is 0. The fourth-order valence-corrected chi connectivity index (χ4v) is 1.86. The number of rotatable bonds is 16. The molecule has 240 valence electrons. The van der Waals surface area contributed by atoms with Gasteiger partial charge in [-0.1, -0.05) is 0 Å². The molecule has 0 rings (SSSR count). The molecule has 0 aromatic heterocycles. The first-order chi connectivity index (χ1) is 18.8. The molecule has 0 heterocycles. The van der Waals surface area contributed by atoms with Crippen LogP contribution in [0.15, 0.2) is 0 Å². The molecule has 0 radical (unpaired) electrons. The van der Waals surface area contributed by atoms with Gasteiger partial charge in [0.15, 0.2) is 11.2 Å². The van der Waals surface area contributed by atoms with Gasteiger partial charge in [-0.2, -0.15) is 0 Å². The predicted molar refractivity (Wildman–Crippen MR) is 123 cm³/mol. The van der Waals surface area contributed by atoms with E-state index in [1.807, 2.05) is 0 Å². The van der Waals surface area contributed by atoms with E-state index in [0.717, 1.165) is 0 Å². The van der Waals surface area contributed by atoms with Crippen LogP contribution >= 0.6 is 0 Å². The van der Waals surface area contributed by atoms with Crippen LogP contribution < -0.4 is 0 Å². The summed E-state index contributed by atoms with van der Waals surface area (Å²) in [6, 6.07) is 0. The number of aliphatic hydroxyl groups is 2. The zero-order valence-electron chi connectivity index (χ0n) is 21.1. The third-order valence-electron chi connectivity index (χ3n) is 3.68. The van der Waals surface area contributed by atoms with E-state index in [1.54, 1.807) is 0 Å². The highest BCUT2D eigenvalue weighted by Crippen LogP contribution is 2.16. The Balaban J connectivity index is -0.000000235. The Bertz CT molecular complexity index is 869. The lowest BCUT2D eigenvalue weighted by Gasteiger charge is -2.18. The predicted octanol–water partition coefficient (Wildman–Crippen LogP) is -2.63. The minimum atomic E-state index is -2.74. The minimum Gasteiger partial charge on any atom is -0.481 e. The Morgan fingerprint density at radius 3 is 0.524 bits per heavy atom. The molecule has 0 spiro atoms. The first-order valence-corrected chi connectivity index (χ1v) is 10.5. The lowest BCUT2D eigenvalue weighted by Crippen LogP contribution is -2.42. The van der Waals surface area contributed by atoms with E-state index in [4.69, 9.17) is 61.3 Å². The van der Waals surface area contributed by atoms with E-state index < -0.39 is 96.6 Å². The van der Waals surface area contributed by atoms with Crippen LogP contribution in [0.2, 0.25) is 0 Å². The average Bonchev–Trinajstić information content (AvgIpc) is 2.75. The number of carboxylic acids is 10. The highest BCUT2D eigenvalue weighted by atomic mass is 16.4. The van der Waals surface area contributed by atoms with Crippen LogP contribution in [0, 0.1) is 0 Å². The van der Waals surface area contributed by atoms with Crippen LogP contribution in [0.1, 0.15) is 51.4 Å². The molecule has 0 aromatic rings. The van der Waals surface area contributed by atoms with Crippen molar-refractivity contribution >= 4 is 59.7 Å². The third kappa shape index (κ3) is 29.2. The number of hydrogen-bond donors (Lipinski definition) is 12. The SMILES string of the molecule is O=C(O)CC(O)(CC(=O)O)C(=O)O.O=C(O)CC(O)(CC(=O)O)C(=O)O.O=C(O)CCC(=O)O.O=C(O)CCC(=O)O. The van der Waals surface area contributed by atoms with Crippen LogP contribution in [0.4, 0.5) is 0 Å². The van der Waals surface area contributed by atoms with Crippen molar-refractivity contribution in [2.75, 3.05) is 0 Å². The van der Waals surface area contributed by atoms with Crippen molar-refractivity contribution in [2.45, 2.75) is 62.6 Å². The second-order valence-electron chi connectivity index (χ2n) is 7.53. The largest absolute Gasteiger partial charge is 0.481 e.